The zero-order valence-electron chi connectivity index (χ0n) is 14.8. The molecule has 0 spiro atoms. The fourth-order valence-electron chi connectivity index (χ4n) is 3.04. The molecule has 0 saturated carbocycles. The summed E-state index contributed by atoms with van der Waals surface area (Å²) in [5.41, 5.74) is 1.19. The molecule has 0 radical (unpaired) electrons. The van der Waals surface area contributed by atoms with Crippen LogP contribution in [0.4, 0.5) is 5.82 Å². The summed E-state index contributed by atoms with van der Waals surface area (Å²) in [4.78, 5) is 14.5. The molecule has 1 aliphatic heterocycles. The van der Waals surface area contributed by atoms with Crippen molar-refractivity contribution in [1.82, 2.24) is 10.1 Å². The molecular weight excluding hydrogens is 318 g/mol. The molecule has 1 saturated heterocycles. The van der Waals surface area contributed by atoms with Gasteiger partial charge in [0.1, 0.15) is 5.76 Å². The molecule has 1 N–H and O–H groups in total. The summed E-state index contributed by atoms with van der Waals surface area (Å²) < 4.78 is 11.0. The Kier molecular flexibility index (Phi) is 5.83. The van der Waals surface area contributed by atoms with E-state index in [9.17, 15) is 4.79 Å². The van der Waals surface area contributed by atoms with Gasteiger partial charge in [0.05, 0.1) is 18.8 Å². The van der Waals surface area contributed by atoms with Crippen molar-refractivity contribution in [3.63, 3.8) is 0 Å². The van der Waals surface area contributed by atoms with Crippen molar-refractivity contribution in [2.75, 3.05) is 18.4 Å². The van der Waals surface area contributed by atoms with E-state index in [0.717, 1.165) is 25.9 Å². The first-order valence-electron chi connectivity index (χ1n) is 8.75. The smallest absolute Gasteiger partial charge is 0.242 e. The van der Waals surface area contributed by atoms with Gasteiger partial charge in [-0.25, -0.2) is 0 Å². The molecule has 134 valence electrons. The Morgan fingerprint density at radius 1 is 1.36 bits per heavy atom. The van der Waals surface area contributed by atoms with Gasteiger partial charge in [0.15, 0.2) is 5.82 Å². The van der Waals surface area contributed by atoms with Crippen molar-refractivity contribution in [2.24, 2.45) is 0 Å². The molecule has 25 heavy (non-hydrogen) atoms. The number of nitrogens with one attached hydrogen (secondary N) is 1. The van der Waals surface area contributed by atoms with E-state index in [-0.39, 0.29) is 18.1 Å². The van der Waals surface area contributed by atoms with Gasteiger partial charge in [0.25, 0.3) is 0 Å². The predicted octanol–water partition coefficient (Wildman–Crippen LogP) is 2.99. The SMILES string of the molecule is Cc1cc(NC(=O)C(C)N2CCC(OCc3ccccc3)CC2)no1. The summed E-state index contributed by atoms with van der Waals surface area (Å²) >= 11 is 0. The second-order valence-electron chi connectivity index (χ2n) is 6.52. The number of benzene rings is 1. The number of anilines is 1. The molecule has 0 aliphatic carbocycles. The van der Waals surface area contributed by atoms with Crippen molar-refractivity contribution in [3.8, 4) is 0 Å². The van der Waals surface area contributed by atoms with E-state index < -0.39 is 0 Å². The first-order chi connectivity index (χ1) is 12.1. The Hall–Kier alpha value is -2.18. The normalized spacial score (nSPS) is 17.4. The van der Waals surface area contributed by atoms with Crippen LogP contribution >= 0.6 is 0 Å². The lowest BCUT2D eigenvalue weighted by Crippen LogP contribution is -2.47. The van der Waals surface area contributed by atoms with Crippen molar-refractivity contribution in [2.45, 2.75) is 45.4 Å². The van der Waals surface area contributed by atoms with Gasteiger partial charge in [-0.15, -0.1) is 0 Å². The number of rotatable bonds is 6. The zero-order chi connectivity index (χ0) is 17.6. The second-order valence-corrected chi connectivity index (χ2v) is 6.52. The third-order valence-electron chi connectivity index (χ3n) is 4.61. The summed E-state index contributed by atoms with van der Waals surface area (Å²) in [6.07, 6.45) is 2.13. The van der Waals surface area contributed by atoms with Crippen LogP contribution < -0.4 is 5.32 Å². The first-order valence-corrected chi connectivity index (χ1v) is 8.75. The van der Waals surface area contributed by atoms with E-state index >= 15 is 0 Å². The second kappa shape index (κ2) is 8.27. The van der Waals surface area contributed by atoms with Crippen molar-refractivity contribution in [1.29, 1.82) is 0 Å². The zero-order valence-corrected chi connectivity index (χ0v) is 14.8. The summed E-state index contributed by atoms with van der Waals surface area (Å²) in [6.45, 7) is 6.07. The average Bonchev–Trinajstić information content (AvgIpc) is 3.05. The number of piperidine rings is 1. The molecule has 0 bridgehead atoms. The Morgan fingerprint density at radius 3 is 2.72 bits per heavy atom. The number of carbonyl (C=O) groups is 1. The molecule has 2 heterocycles. The molecule has 3 rings (SSSR count). The number of nitrogens with zero attached hydrogens (tertiary/aromatic N) is 2. The summed E-state index contributed by atoms with van der Waals surface area (Å²) in [6, 6.07) is 11.7. The molecule has 1 amide bonds. The molecule has 1 atom stereocenters. The first kappa shape index (κ1) is 17.6. The van der Waals surface area contributed by atoms with Gasteiger partial charge in [0, 0.05) is 19.2 Å². The lowest BCUT2D eigenvalue weighted by Gasteiger charge is -2.35. The summed E-state index contributed by atoms with van der Waals surface area (Å²) in [5.74, 6) is 1.09. The summed E-state index contributed by atoms with van der Waals surface area (Å²) in [7, 11) is 0. The quantitative estimate of drug-likeness (QED) is 0.873. The van der Waals surface area contributed by atoms with E-state index in [1.54, 1.807) is 13.0 Å². The molecule has 1 aromatic heterocycles. The highest BCUT2D eigenvalue weighted by Gasteiger charge is 2.27. The molecule has 1 fully saturated rings. The third kappa shape index (κ3) is 4.90. The highest BCUT2D eigenvalue weighted by atomic mass is 16.5. The standard InChI is InChI=1S/C19H25N3O3/c1-14-12-18(21-25-14)20-19(23)15(2)22-10-8-17(9-11-22)24-13-16-6-4-3-5-7-16/h3-7,12,15,17H,8-11,13H2,1-2H3,(H,20,21,23). The molecule has 1 unspecified atom stereocenters. The van der Waals surface area contributed by atoms with Crippen LogP contribution in [0.15, 0.2) is 40.9 Å². The molecule has 6 nitrogen and oxygen atoms in total. The number of hydrogen-bond donors (Lipinski definition) is 1. The third-order valence-corrected chi connectivity index (χ3v) is 4.61. The van der Waals surface area contributed by atoms with Crippen LogP contribution in [-0.2, 0) is 16.1 Å². The van der Waals surface area contributed by atoms with E-state index in [1.165, 1.54) is 5.56 Å². The van der Waals surface area contributed by atoms with Gasteiger partial charge in [-0.05, 0) is 32.3 Å². The summed E-state index contributed by atoms with van der Waals surface area (Å²) in [5, 5.41) is 6.60. The van der Waals surface area contributed by atoms with Crippen molar-refractivity contribution >= 4 is 11.7 Å². The highest BCUT2D eigenvalue weighted by Crippen LogP contribution is 2.18. The number of aromatic nitrogens is 1. The minimum Gasteiger partial charge on any atom is -0.373 e. The topological polar surface area (TPSA) is 67.6 Å². The maximum atomic E-state index is 12.3. The monoisotopic (exact) mass is 343 g/mol. The molecule has 1 aliphatic rings. The van der Waals surface area contributed by atoms with Crippen LogP contribution in [0.25, 0.3) is 0 Å². The average molecular weight is 343 g/mol. The van der Waals surface area contributed by atoms with Gasteiger partial charge >= 0.3 is 0 Å². The lowest BCUT2D eigenvalue weighted by atomic mass is 10.1. The molecule has 1 aromatic carbocycles. The van der Waals surface area contributed by atoms with Crippen molar-refractivity contribution in [3.05, 3.63) is 47.7 Å². The van der Waals surface area contributed by atoms with Gasteiger partial charge < -0.3 is 14.6 Å². The highest BCUT2D eigenvalue weighted by molar-refractivity contribution is 5.93. The van der Waals surface area contributed by atoms with Gasteiger partial charge in [-0.2, -0.15) is 0 Å². The van der Waals surface area contributed by atoms with E-state index in [4.69, 9.17) is 9.26 Å². The van der Waals surface area contributed by atoms with Gasteiger partial charge in [0.2, 0.25) is 5.91 Å². The van der Waals surface area contributed by atoms with Gasteiger partial charge in [-0.1, -0.05) is 35.5 Å². The van der Waals surface area contributed by atoms with Crippen molar-refractivity contribution < 1.29 is 14.1 Å². The van der Waals surface area contributed by atoms with Crippen LogP contribution in [0.2, 0.25) is 0 Å². The van der Waals surface area contributed by atoms with Crippen LogP contribution in [0.3, 0.4) is 0 Å². The Balaban J connectivity index is 1.42. The van der Waals surface area contributed by atoms with E-state index in [1.807, 2.05) is 25.1 Å². The minimum absolute atomic E-state index is 0.0584. The number of amides is 1. The minimum atomic E-state index is -0.202. The number of hydrogen-bond acceptors (Lipinski definition) is 5. The molecular formula is C19H25N3O3. The van der Waals surface area contributed by atoms with E-state index in [2.05, 4.69) is 27.5 Å². The van der Waals surface area contributed by atoms with E-state index in [0.29, 0.717) is 18.2 Å². The lowest BCUT2D eigenvalue weighted by molar-refractivity contribution is -0.122. The van der Waals surface area contributed by atoms with Crippen LogP contribution in [0.1, 0.15) is 31.1 Å². The number of likely N-dealkylation sites (tertiary alicyclic amines) is 1. The largest absolute Gasteiger partial charge is 0.373 e. The maximum Gasteiger partial charge on any atom is 0.242 e. The van der Waals surface area contributed by atoms with Crippen LogP contribution in [0, 0.1) is 6.92 Å². The fraction of sp³-hybridized carbons (Fsp3) is 0.474. The van der Waals surface area contributed by atoms with Crippen LogP contribution in [-0.4, -0.2) is 41.2 Å². The fourth-order valence-corrected chi connectivity index (χ4v) is 3.04. The number of ether oxygens (including phenoxy) is 1. The Bertz CT molecular complexity index is 678. The van der Waals surface area contributed by atoms with Crippen LogP contribution in [0.5, 0.6) is 0 Å². The molecule has 6 heteroatoms. The Morgan fingerprint density at radius 2 is 2.08 bits per heavy atom. The maximum absolute atomic E-state index is 12.3. The molecule has 2 aromatic rings. The Labute approximate surface area is 148 Å². The number of aryl methyl sites for hydroxylation is 1. The number of carbonyl (C=O) groups excluding carboxylic acids is 1. The predicted molar refractivity (Wildman–Crippen MR) is 95.2 cm³/mol. The van der Waals surface area contributed by atoms with Gasteiger partial charge in [-0.3, -0.25) is 9.69 Å².